The summed E-state index contributed by atoms with van der Waals surface area (Å²) >= 11 is 0. The van der Waals surface area contributed by atoms with Gasteiger partial charge in [-0.2, -0.15) is 0 Å². The average molecular weight is 225 g/mol. The van der Waals surface area contributed by atoms with E-state index in [-0.39, 0.29) is 0 Å². The van der Waals surface area contributed by atoms with Crippen LogP contribution in [-0.2, 0) is 0 Å². The molecule has 1 atom stereocenters. The fourth-order valence-electron chi connectivity index (χ4n) is 2.97. The highest BCUT2D eigenvalue weighted by atomic mass is 14.9. The van der Waals surface area contributed by atoms with Gasteiger partial charge in [0.25, 0.3) is 0 Å². The lowest BCUT2D eigenvalue weighted by Gasteiger charge is -2.29. The second-order valence-electron chi connectivity index (χ2n) is 5.84. The quantitative estimate of drug-likeness (QED) is 0.599. The van der Waals surface area contributed by atoms with Crippen LogP contribution in [0.4, 0.5) is 0 Å². The average Bonchev–Trinajstić information content (AvgIpc) is 2.76. The Kier molecular flexibility index (Phi) is 6.41. The molecule has 0 heterocycles. The Morgan fingerprint density at radius 2 is 1.81 bits per heavy atom. The van der Waals surface area contributed by atoms with Crippen LogP contribution in [0, 0.1) is 5.41 Å². The summed E-state index contributed by atoms with van der Waals surface area (Å²) in [5, 5.41) is 3.78. The van der Waals surface area contributed by atoms with Crippen LogP contribution < -0.4 is 5.32 Å². The van der Waals surface area contributed by atoms with Gasteiger partial charge in [-0.3, -0.25) is 0 Å². The number of hydrogen-bond donors (Lipinski definition) is 1. The summed E-state index contributed by atoms with van der Waals surface area (Å²) < 4.78 is 0. The van der Waals surface area contributed by atoms with Gasteiger partial charge < -0.3 is 5.32 Å². The summed E-state index contributed by atoms with van der Waals surface area (Å²) in [5.74, 6) is 0. The molecule has 1 fully saturated rings. The maximum absolute atomic E-state index is 3.78. The molecule has 0 aromatic rings. The smallest absolute Gasteiger partial charge is 0.00389 e. The van der Waals surface area contributed by atoms with Crippen molar-refractivity contribution < 1.29 is 0 Å². The second kappa shape index (κ2) is 7.32. The van der Waals surface area contributed by atoms with Crippen LogP contribution >= 0.6 is 0 Å². The first kappa shape index (κ1) is 14.0. The van der Waals surface area contributed by atoms with Gasteiger partial charge in [0.15, 0.2) is 0 Å². The zero-order valence-corrected chi connectivity index (χ0v) is 11.6. The zero-order chi connectivity index (χ0) is 11.9. The molecule has 1 heteroatoms. The minimum absolute atomic E-state index is 0.652. The van der Waals surface area contributed by atoms with Gasteiger partial charge in [0.05, 0.1) is 0 Å². The van der Waals surface area contributed by atoms with Gasteiger partial charge in [-0.1, -0.05) is 46.0 Å². The molecule has 1 unspecified atom stereocenters. The van der Waals surface area contributed by atoms with Gasteiger partial charge in [-0.15, -0.1) is 0 Å². The van der Waals surface area contributed by atoms with Gasteiger partial charge in [0, 0.05) is 12.6 Å². The summed E-state index contributed by atoms with van der Waals surface area (Å²) in [6.45, 7) is 8.27. The van der Waals surface area contributed by atoms with Gasteiger partial charge >= 0.3 is 0 Å². The summed E-state index contributed by atoms with van der Waals surface area (Å²) in [6.07, 6.45) is 12.7. The van der Waals surface area contributed by atoms with Crippen LogP contribution in [-0.4, -0.2) is 12.6 Å². The second-order valence-corrected chi connectivity index (χ2v) is 5.84. The molecule has 1 aliphatic carbocycles. The summed E-state index contributed by atoms with van der Waals surface area (Å²) in [7, 11) is 0. The summed E-state index contributed by atoms with van der Waals surface area (Å²) in [6, 6.07) is 0.718. The molecule has 1 N–H and O–H groups in total. The topological polar surface area (TPSA) is 12.0 Å². The van der Waals surface area contributed by atoms with Crippen LogP contribution in [0.5, 0.6) is 0 Å². The van der Waals surface area contributed by atoms with Crippen molar-refractivity contribution in [3.05, 3.63) is 0 Å². The van der Waals surface area contributed by atoms with E-state index in [0.717, 1.165) is 6.04 Å². The Morgan fingerprint density at radius 1 is 1.12 bits per heavy atom. The summed E-state index contributed by atoms with van der Waals surface area (Å²) in [5.41, 5.74) is 0.652. The first-order valence-corrected chi connectivity index (χ1v) is 7.46. The predicted octanol–water partition coefficient (Wildman–Crippen LogP) is 4.52. The van der Waals surface area contributed by atoms with Crippen molar-refractivity contribution in [1.82, 2.24) is 5.32 Å². The van der Waals surface area contributed by atoms with Crippen LogP contribution in [0.25, 0.3) is 0 Å². The van der Waals surface area contributed by atoms with Crippen LogP contribution in [0.1, 0.15) is 78.6 Å². The van der Waals surface area contributed by atoms with Crippen LogP contribution in [0.3, 0.4) is 0 Å². The number of hydrogen-bond acceptors (Lipinski definition) is 1. The molecule has 0 aromatic carbocycles. The van der Waals surface area contributed by atoms with Gasteiger partial charge in [0.1, 0.15) is 0 Å². The highest BCUT2D eigenvalue weighted by Gasteiger charge is 2.31. The third kappa shape index (κ3) is 4.45. The maximum Gasteiger partial charge on any atom is 0.00389 e. The minimum Gasteiger partial charge on any atom is -0.314 e. The molecule has 16 heavy (non-hydrogen) atoms. The van der Waals surface area contributed by atoms with Crippen molar-refractivity contribution >= 4 is 0 Å². The van der Waals surface area contributed by atoms with E-state index < -0.39 is 0 Å². The van der Waals surface area contributed by atoms with E-state index in [2.05, 4.69) is 26.1 Å². The van der Waals surface area contributed by atoms with Crippen molar-refractivity contribution in [2.24, 2.45) is 5.41 Å². The Hall–Kier alpha value is -0.0400. The number of rotatable bonds is 8. The molecule has 1 aliphatic rings. The lowest BCUT2D eigenvalue weighted by molar-refractivity contribution is 0.255. The fourth-order valence-corrected chi connectivity index (χ4v) is 2.97. The summed E-state index contributed by atoms with van der Waals surface area (Å²) in [4.78, 5) is 0. The Bertz CT molecular complexity index is 170. The normalized spacial score (nSPS) is 21.2. The van der Waals surface area contributed by atoms with E-state index in [1.165, 1.54) is 64.3 Å². The third-order valence-corrected chi connectivity index (χ3v) is 4.48. The highest BCUT2D eigenvalue weighted by molar-refractivity contribution is 4.86. The number of nitrogens with one attached hydrogen (secondary N) is 1. The molecule has 1 rings (SSSR count). The van der Waals surface area contributed by atoms with E-state index in [0.29, 0.717) is 5.41 Å². The minimum atomic E-state index is 0.652. The molecular weight excluding hydrogens is 194 g/mol. The van der Waals surface area contributed by atoms with E-state index in [4.69, 9.17) is 0 Å². The third-order valence-electron chi connectivity index (χ3n) is 4.48. The van der Waals surface area contributed by atoms with Crippen molar-refractivity contribution in [2.75, 3.05) is 6.54 Å². The molecule has 0 bridgehead atoms. The molecule has 96 valence electrons. The van der Waals surface area contributed by atoms with Crippen molar-refractivity contribution in [3.63, 3.8) is 0 Å². The van der Waals surface area contributed by atoms with E-state index in [1.54, 1.807) is 0 Å². The Morgan fingerprint density at radius 3 is 2.38 bits per heavy atom. The first-order chi connectivity index (χ1) is 7.72. The monoisotopic (exact) mass is 225 g/mol. The molecule has 1 nitrogen and oxygen atoms in total. The van der Waals surface area contributed by atoms with Gasteiger partial charge in [0.2, 0.25) is 0 Å². The molecule has 0 aromatic heterocycles. The van der Waals surface area contributed by atoms with Crippen molar-refractivity contribution in [2.45, 2.75) is 84.6 Å². The SMILES string of the molecule is CCCCCC(C)NCC1(CC)CCCC1. The van der Waals surface area contributed by atoms with E-state index in [1.807, 2.05) is 0 Å². The molecule has 0 amide bonds. The molecule has 0 radical (unpaired) electrons. The molecule has 0 saturated heterocycles. The molecule has 0 spiro atoms. The van der Waals surface area contributed by atoms with Crippen molar-refractivity contribution in [3.8, 4) is 0 Å². The lowest BCUT2D eigenvalue weighted by Crippen LogP contribution is -2.36. The molecule has 1 saturated carbocycles. The van der Waals surface area contributed by atoms with Crippen molar-refractivity contribution in [1.29, 1.82) is 0 Å². The fraction of sp³-hybridized carbons (Fsp3) is 1.00. The largest absolute Gasteiger partial charge is 0.314 e. The van der Waals surface area contributed by atoms with Crippen LogP contribution in [0.15, 0.2) is 0 Å². The Labute approximate surface area is 102 Å². The van der Waals surface area contributed by atoms with Gasteiger partial charge in [-0.05, 0) is 38.0 Å². The lowest BCUT2D eigenvalue weighted by atomic mass is 9.83. The van der Waals surface area contributed by atoms with Gasteiger partial charge in [-0.25, -0.2) is 0 Å². The molecular formula is C15H31N. The van der Waals surface area contributed by atoms with E-state index >= 15 is 0 Å². The van der Waals surface area contributed by atoms with Crippen LogP contribution in [0.2, 0.25) is 0 Å². The number of unbranched alkanes of at least 4 members (excludes halogenated alkanes) is 2. The van der Waals surface area contributed by atoms with E-state index in [9.17, 15) is 0 Å². The zero-order valence-electron chi connectivity index (χ0n) is 11.6. The molecule has 0 aliphatic heterocycles. The first-order valence-electron chi connectivity index (χ1n) is 7.46. The Balaban J connectivity index is 2.16. The highest BCUT2D eigenvalue weighted by Crippen LogP contribution is 2.40. The standard InChI is InChI=1S/C15H31N/c1-4-6-7-10-14(3)16-13-15(5-2)11-8-9-12-15/h14,16H,4-13H2,1-3H3. The maximum atomic E-state index is 3.78. The predicted molar refractivity (Wildman–Crippen MR) is 72.8 cm³/mol.